The summed E-state index contributed by atoms with van der Waals surface area (Å²) in [7, 11) is 3.32. The van der Waals surface area contributed by atoms with Crippen molar-refractivity contribution >= 4 is 22.6 Å². The van der Waals surface area contributed by atoms with E-state index < -0.39 is 0 Å². The summed E-state index contributed by atoms with van der Waals surface area (Å²) in [4.78, 5) is 0. The van der Waals surface area contributed by atoms with E-state index >= 15 is 0 Å². The molecule has 0 aliphatic carbocycles. The summed E-state index contributed by atoms with van der Waals surface area (Å²) >= 11 is 2.33. The molecule has 0 aromatic heterocycles. The van der Waals surface area contributed by atoms with Crippen LogP contribution in [0.1, 0.15) is 11.7 Å². The number of rotatable bonds is 6. The molecular weight excluding hydrogens is 367 g/mol. The van der Waals surface area contributed by atoms with Gasteiger partial charge in [0.15, 0.2) is 0 Å². The zero-order chi connectivity index (χ0) is 14.4. The van der Waals surface area contributed by atoms with E-state index in [4.69, 9.17) is 14.2 Å². The Morgan fingerprint density at radius 1 is 0.800 bits per heavy atom. The Kier molecular flexibility index (Phi) is 5.52. The van der Waals surface area contributed by atoms with Gasteiger partial charge in [-0.15, -0.1) is 0 Å². The average Bonchev–Trinajstić information content (AvgIpc) is 2.53. The van der Waals surface area contributed by atoms with E-state index in [0.717, 1.165) is 27.2 Å². The second-order valence-corrected chi connectivity index (χ2v) is 5.09. The first-order valence-electron chi connectivity index (χ1n) is 6.27. The van der Waals surface area contributed by atoms with Gasteiger partial charge in [-0.2, -0.15) is 0 Å². The number of hydrogen-bond acceptors (Lipinski definition) is 3. The third-order valence-corrected chi connectivity index (χ3v) is 3.77. The van der Waals surface area contributed by atoms with Crippen LogP contribution in [-0.2, 0) is 0 Å². The fourth-order valence-electron chi connectivity index (χ4n) is 1.83. The van der Waals surface area contributed by atoms with E-state index in [0.29, 0.717) is 0 Å². The first-order chi connectivity index (χ1) is 9.76. The lowest BCUT2D eigenvalue weighted by atomic mass is 10.1. The summed E-state index contributed by atoms with van der Waals surface area (Å²) in [6.45, 7) is 0. The minimum absolute atomic E-state index is 0.0231. The summed E-state index contributed by atoms with van der Waals surface area (Å²) in [5.74, 6) is 2.52. The molecule has 1 unspecified atom stereocenters. The van der Waals surface area contributed by atoms with Crippen LogP contribution in [0.3, 0.4) is 0 Å². The first-order valence-corrected chi connectivity index (χ1v) is 7.80. The lowest BCUT2D eigenvalue weighted by Gasteiger charge is -2.18. The maximum atomic E-state index is 6.02. The summed E-state index contributed by atoms with van der Waals surface area (Å²) in [5.41, 5.74) is 1.14. The van der Waals surface area contributed by atoms with Crippen molar-refractivity contribution in [3.05, 3.63) is 54.1 Å². The van der Waals surface area contributed by atoms with Gasteiger partial charge in [0, 0.05) is 4.43 Å². The SMILES string of the molecule is COc1ccc(OC(CI)c2ccc(OC)cc2)cc1. The second kappa shape index (κ2) is 7.38. The highest BCUT2D eigenvalue weighted by Gasteiger charge is 2.12. The Balaban J connectivity index is 2.10. The highest BCUT2D eigenvalue weighted by atomic mass is 127. The van der Waals surface area contributed by atoms with Gasteiger partial charge in [-0.25, -0.2) is 0 Å². The van der Waals surface area contributed by atoms with Gasteiger partial charge in [-0.3, -0.25) is 0 Å². The molecule has 0 saturated heterocycles. The molecule has 0 spiro atoms. The number of hydrogen-bond donors (Lipinski definition) is 0. The first kappa shape index (κ1) is 15.0. The highest BCUT2D eigenvalue weighted by molar-refractivity contribution is 14.1. The van der Waals surface area contributed by atoms with E-state index in [2.05, 4.69) is 22.6 Å². The van der Waals surface area contributed by atoms with Crippen LogP contribution in [0.25, 0.3) is 0 Å². The largest absolute Gasteiger partial charge is 0.497 e. The third kappa shape index (κ3) is 3.79. The second-order valence-electron chi connectivity index (χ2n) is 4.21. The molecule has 0 aliphatic rings. The van der Waals surface area contributed by atoms with E-state index in [9.17, 15) is 0 Å². The summed E-state index contributed by atoms with van der Waals surface area (Å²) in [6, 6.07) is 15.6. The summed E-state index contributed by atoms with van der Waals surface area (Å²) in [5, 5.41) is 0. The van der Waals surface area contributed by atoms with Gasteiger partial charge >= 0.3 is 0 Å². The Morgan fingerprint density at radius 3 is 1.70 bits per heavy atom. The topological polar surface area (TPSA) is 27.7 Å². The Hall–Kier alpha value is -1.43. The summed E-state index contributed by atoms with van der Waals surface area (Å²) in [6.07, 6.45) is 0.0231. The zero-order valence-electron chi connectivity index (χ0n) is 11.5. The number of benzene rings is 2. The molecule has 0 bridgehead atoms. The van der Waals surface area contributed by atoms with E-state index in [1.807, 2.05) is 48.5 Å². The molecule has 2 aromatic rings. The van der Waals surface area contributed by atoms with Crippen LogP contribution in [0.5, 0.6) is 17.2 Å². The molecule has 0 heterocycles. The minimum atomic E-state index is 0.0231. The van der Waals surface area contributed by atoms with Crippen molar-refractivity contribution in [3.8, 4) is 17.2 Å². The Morgan fingerprint density at radius 2 is 1.25 bits per heavy atom. The van der Waals surface area contributed by atoms with Crippen LogP contribution < -0.4 is 14.2 Å². The van der Waals surface area contributed by atoms with Crippen LogP contribution in [-0.4, -0.2) is 18.6 Å². The molecule has 1 atom stereocenters. The Labute approximate surface area is 133 Å². The van der Waals surface area contributed by atoms with Crippen LogP contribution >= 0.6 is 22.6 Å². The predicted octanol–water partition coefficient (Wildman–Crippen LogP) is 4.26. The molecule has 0 amide bonds. The number of halogens is 1. The quantitative estimate of drug-likeness (QED) is 0.550. The van der Waals surface area contributed by atoms with Crippen molar-refractivity contribution in [2.75, 3.05) is 18.6 Å². The van der Waals surface area contributed by atoms with Gasteiger partial charge in [0.1, 0.15) is 23.4 Å². The minimum Gasteiger partial charge on any atom is -0.497 e. The third-order valence-electron chi connectivity index (χ3n) is 2.97. The average molecular weight is 384 g/mol. The van der Waals surface area contributed by atoms with E-state index in [-0.39, 0.29) is 6.10 Å². The molecule has 2 aromatic carbocycles. The monoisotopic (exact) mass is 384 g/mol. The maximum Gasteiger partial charge on any atom is 0.133 e. The van der Waals surface area contributed by atoms with Crippen molar-refractivity contribution in [1.82, 2.24) is 0 Å². The van der Waals surface area contributed by atoms with Gasteiger partial charge < -0.3 is 14.2 Å². The van der Waals surface area contributed by atoms with Crippen LogP contribution in [0.4, 0.5) is 0 Å². The molecule has 0 aliphatic heterocycles. The van der Waals surface area contributed by atoms with Gasteiger partial charge in [0.05, 0.1) is 14.2 Å². The van der Waals surface area contributed by atoms with E-state index in [1.165, 1.54) is 0 Å². The van der Waals surface area contributed by atoms with Gasteiger partial charge in [-0.05, 0) is 42.0 Å². The van der Waals surface area contributed by atoms with Crippen molar-refractivity contribution in [2.45, 2.75) is 6.10 Å². The molecule has 3 nitrogen and oxygen atoms in total. The van der Waals surface area contributed by atoms with Gasteiger partial charge in [-0.1, -0.05) is 34.7 Å². The van der Waals surface area contributed by atoms with Crippen molar-refractivity contribution in [3.63, 3.8) is 0 Å². The van der Waals surface area contributed by atoms with Crippen LogP contribution in [0.15, 0.2) is 48.5 Å². The fraction of sp³-hybridized carbons (Fsp3) is 0.250. The molecule has 0 fully saturated rings. The molecular formula is C16H17IO3. The zero-order valence-corrected chi connectivity index (χ0v) is 13.7. The molecule has 0 N–H and O–H groups in total. The number of methoxy groups -OCH3 is 2. The van der Waals surface area contributed by atoms with Crippen LogP contribution in [0.2, 0.25) is 0 Å². The molecule has 4 heteroatoms. The number of ether oxygens (including phenoxy) is 3. The molecule has 20 heavy (non-hydrogen) atoms. The van der Waals surface area contributed by atoms with E-state index in [1.54, 1.807) is 14.2 Å². The van der Waals surface area contributed by atoms with Crippen LogP contribution in [0, 0.1) is 0 Å². The van der Waals surface area contributed by atoms with Gasteiger partial charge in [0.25, 0.3) is 0 Å². The Bertz CT molecular complexity index is 522. The highest BCUT2D eigenvalue weighted by Crippen LogP contribution is 2.26. The lowest BCUT2D eigenvalue weighted by molar-refractivity contribution is 0.234. The van der Waals surface area contributed by atoms with Crippen molar-refractivity contribution in [1.29, 1.82) is 0 Å². The molecule has 106 valence electrons. The molecule has 2 rings (SSSR count). The van der Waals surface area contributed by atoms with Gasteiger partial charge in [0.2, 0.25) is 0 Å². The maximum absolute atomic E-state index is 6.02. The molecule has 0 saturated carbocycles. The smallest absolute Gasteiger partial charge is 0.133 e. The predicted molar refractivity (Wildman–Crippen MR) is 88.2 cm³/mol. The standard InChI is InChI=1S/C16H17IO3/c1-18-13-5-3-12(4-6-13)16(11-17)20-15-9-7-14(19-2)8-10-15/h3-10,16H,11H2,1-2H3. The summed E-state index contributed by atoms with van der Waals surface area (Å²) < 4.78 is 17.2. The number of alkyl halides is 1. The van der Waals surface area contributed by atoms with Crippen molar-refractivity contribution < 1.29 is 14.2 Å². The normalized spacial score (nSPS) is 11.8. The van der Waals surface area contributed by atoms with Crippen molar-refractivity contribution in [2.24, 2.45) is 0 Å². The fourth-order valence-corrected chi connectivity index (χ4v) is 2.51. The molecule has 0 radical (unpaired) electrons. The lowest BCUT2D eigenvalue weighted by Crippen LogP contribution is -2.08.